The average Bonchev–Trinajstić information content (AvgIpc) is 2.74. The van der Waals surface area contributed by atoms with Crippen molar-refractivity contribution in [2.24, 2.45) is 5.92 Å². The Hall–Kier alpha value is -1.85. The lowest BCUT2D eigenvalue weighted by atomic mass is 9.91. The molecule has 2 N–H and O–H groups in total. The number of likely N-dealkylation sites (tertiary alicyclic amines) is 1. The summed E-state index contributed by atoms with van der Waals surface area (Å²) in [6, 6.07) is -0.0540. The minimum Gasteiger partial charge on any atom is -0.481 e. The van der Waals surface area contributed by atoms with Crippen LogP contribution in [-0.2, 0) is 4.79 Å². The van der Waals surface area contributed by atoms with Crippen LogP contribution in [0.2, 0.25) is 0 Å². The lowest BCUT2D eigenvalue weighted by molar-refractivity contribution is -0.143. The molecule has 0 spiro atoms. The molecule has 1 aliphatic rings. The van der Waals surface area contributed by atoms with Gasteiger partial charge in [0.15, 0.2) is 0 Å². The van der Waals surface area contributed by atoms with Crippen LogP contribution < -0.4 is 0 Å². The standard InChI is InChI=1S/C12H17N3O3/c1-7-5-9(12(17)18)3-4-15(7)11(16)10-6-13-14-8(10)2/h6-7,9H,3-5H2,1-2H3,(H,13,14)(H,17,18). The predicted molar refractivity (Wildman–Crippen MR) is 64.2 cm³/mol. The highest BCUT2D eigenvalue weighted by Gasteiger charge is 2.33. The van der Waals surface area contributed by atoms with Crippen molar-refractivity contribution in [3.05, 3.63) is 17.5 Å². The first-order valence-corrected chi connectivity index (χ1v) is 6.04. The van der Waals surface area contributed by atoms with Gasteiger partial charge in [0.05, 0.1) is 17.7 Å². The molecule has 2 atom stereocenters. The zero-order chi connectivity index (χ0) is 13.3. The predicted octanol–water partition coefficient (Wildman–Crippen LogP) is 1.04. The fourth-order valence-corrected chi connectivity index (χ4v) is 2.42. The quantitative estimate of drug-likeness (QED) is 0.822. The van der Waals surface area contributed by atoms with E-state index in [-0.39, 0.29) is 17.9 Å². The van der Waals surface area contributed by atoms with Gasteiger partial charge < -0.3 is 10.0 Å². The van der Waals surface area contributed by atoms with Crippen molar-refractivity contribution in [2.75, 3.05) is 6.54 Å². The molecule has 0 aliphatic carbocycles. The molecule has 2 heterocycles. The van der Waals surface area contributed by atoms with E-state index in [2.05, 4.69) is 10.2 Å². The van der Waals surface area contributed by atoms with E-state index in [1.54, 1.807) is 11.8 Å². The third kappa shape index (κ3) is 2.23. The van der Waals surface area contributed by atoms with Crippen LogP contribution >= 0.6 is 0 Å². The molecule has 6 heteroatoms. The SMILES string of the molecule is Cc1[nH]ncc1C(=O)N1CCC(C(=O)O)CC1C. The smallest absolute Gasteiger partial charge is 0.306 e. The van der Waals surface area contributed by atoms with Crippen LogP contribution in [0.3, 0.4) is 0 Å². The van der Waals surface area contributed by atoms with Crippen LogP contribution in [-0.4, -0.2) is 44.7 Å². The molecule has 98 valence electrons. The van der Waals surface area contributed by atoms with Crippen LogP contribution in [0.15, 0.2) is 6.20 Å². The van der Waals surface area contributed by atoms with Gasteiger partial charge in [0.25, 0.3) is 5.91 Å². The van der Waals surface area contributed by atoms with Crippen LogP contribution in [0.5, 0.6) is 0 Å². The van der Waals surface area contributed by atoms with Gasteiger partial charge in [-0.2, -0.15) is 5.10 Å². The Morgan fingerprint density at radius 3 is 2.78 bits per heavy atom. The van der Waals surface area contributed by atoms with Crippen molar-refractivity contribution < 1.29 is 14.7 Å². The number of piperidine rings is 1. The molecule has 0 bridgehead atoms. The number of aromatic amines is 1. The number of carbonyl (C=O) groups excluding carboxylic acids is 1. The number of nitrogens with zero attached hydrogens (tertiary/aromatic N) is 2. The molecule has 1 aromatic rings. The molecule has 0 saturated carbocycles. The van der Waals surface area contributed by atoms with Gasteiger partial charge in [-0.3, -0.25) is 14.7 Å². The Morgan fingerprint density at radius 1 is 1.56 bits per heavy atom. The molecular weight excluding hydrogens is 234 g/mol. The number of carboxylic acids is 1. The summed E-state index contributed by atoms with van der Waals surface area (Å²) in [6.07, 6.45) is 2.55. The first kappa shape index (κ1) is 12.6. The zero-order valence-corrected chi connectivity index (χ0v) is 10.5. The molecule has 6 nitrogen and oxygen atoms in total. The number of nitrogens with one attached hydrogen (secondary N) is 1. The largest absolute Gasteiger partial charge is 0.481 e. The van der Waals surface area contributed by atoms with E-state index in [1.807, 2.05) is 6.92 Å². The number of aliphatic carboxylic acids is 1. The number of amides is 1. The van der Waals surface area contributed by atoms with Crippen molar-refractivity contribution in [2.45, 2.75) is 32.7 Å². The first-order chi connectivity index (χ1) is 8.50. The minimum atomic E-state index is -0.770. The summed E-state index contributed by atoms with van der Waals surface area (Å²) in [4.78, 5) is 25.0. The van der Waals surface area contributed by atoms with Gasteiger partial charge in [0, 0.05) is 18.3 Å². The van der Waals surface area contributed by atoms with Crippen molar-refractivity contribution in [3.63, 3.8) is 0 Å². The second kappa shape index (κ2) is 4.80. The maximum Gasteiger partial charge on any atom is 0.306 e. The molecular formula is C12H17N3O3. The molecule has 1 fully saturated rings. The fourth-order valence-electron chi connectivity index (χ4n) is 2.42. The van der Waals surface area contributed by atoms with Crippen LogP contribution in [0, 0.1) is 12.8 Å². The molecule has 18 heavy (non-hydrogen) atoms. The summed E-state index contributed by atoms with van der Waals surface area (Å²) in [5.74, 6) is -1.18. The highest BCUT2D eigenvalue weighted by atomic mass is 16.4. The number of aromatic nitrogens is 2. The van der Waals surface area contributed by atoms with Crippen LogP contribution in [0.4, 0.5) is 0 Å². The van der Waals surface area contributed by atoms with Crippen molar-refractivity contribution in [1.29, 1.82) is 0 Å². The van der Waals surface area contributed by atoms with Gasteiger partial charge in [-0.05, 0) is 26.7 Å². The topological polar surface area (TPSA) is 86.3 Å². The molecule has 1 aliphatic heterocycles. The summed E-state index contributed by atoms with van der Waals surface area (Å²) in [7, 11) is 0. The number of hydrogen-bond acceptors (Lipinski definition) is 3. The van der Waals surface area contributed by atoms with Gasteiger partial charge in [-0.15, -0.1) is 0 Å². The second-order valence-electron chi connectivity index (χ2n) is 4.82. The summed E-state index contributed by atoms with van der Waals surface area (Å²) in [6.45, 7) is 4.18. The summed E-state index contributed by atoms with van der Waals surface area (Å²) in [5.41, 5.74) is 1.31. The van der Waals surface area contributed by atoms with E-state index >= 15 is 0 Å². The Balaban J connectivity index is 2.10. The normalized spacial score (nSPS) is 24.0. The number of hydrogen-bond donors (Lipinski definition) is 2. The van der Waals surface area contributed by atoms with E-state index in [4.69, 9.17) is 5.11 Å². The monoisotopic (exact) mass is 251 g/mol. The Labute approximate surface area is 105 Å². The summed E-state index contributed by atoms with van der Waals surface area (Å²) >= 11 is 0. The molecule has 2 rings (SSSR count). The molecule has 0 radical (unpaired) electrons. The van der Waals surface area contributed by atoms with Crippen molar-refractivity contribution in [1.82, 2.24) is 15.1 Å². The number of carboxylic acid groups (broad SMARTS) is 1. The number of aryl methyl sites for hydroxylation is 1. The van der Waals surface area contributed by atoms with Gasteiger partial charge >= 0.3 is 5.97 Å². The Kier molecular flexibility index (Phi) is 3.36. The lowest BCUT2D eigenvalue weighted by Crippen LogP contribution is -2.46. The third-order valence-electron chi connectivity index (χ3n) is 3.55. The van der Waals surface area contributed by atoms with Gasteiger partial charge in [0.1, 0.15) is 0 Å². The van der Waals surface area contributed by atoms with Gasteiger partial charge in [0.2, 0.25) is 0 Å². The first-order valence-electron chi connectivity index (χ1n) is 6.04. The van der Waals surface area contributed by atoms with E-state index < -0.39 is 5.97 Å². The highest BCUT2D eigenvalue weighted by molar-refractivity contribution is 5.95. The maximum atomic E-state index is 12.3. The molecule has 1 amide bonds. The second-order valence-corrected chi connectivity index (χ2v) is 4.82. The number of rotatable bonds is 2. The van der Waals surface area contributed by atoms with E-state index in [1.165, 1.54) is 6.20 Å². The Bertz CT molecular complexity index is 469. The zero-order valence-electron chi connectivity index (χ0n) is 10.5. The van der Waals surface area contributed by atoms with Crippen molar-refractivity contribution in [3.8, 4) is 0 Å². The van der Waals surface area contributed by atoms with Crippen LogP contribution in [0.25, 0.3) is 0 Å². The van der Waals surface area contributed by atoms with E-state index in [0.29, 0.717) is 24.9 Å². The van der Waals surface area contributed by atoms with Crippen LogP contribution in [0.1, 0.15) is 35.8 Å². The molecule has 1 aromatic heterocycles. The molecule has 1 saturated heterocycles. The Morgan fingerprint density at radius 2 is 2.28 bits per heavy atom. The van der Waals surface area contributed by atoms with E-state index in [9.17, 15) is 9.59 Å². The fraction of sp³-hybridized carbons (Fsp3) is 0.583. The summed E-state index contributed by atoms with van der Waals surface area (Å²) in [5, 5.41) is 15.6. The molecule has 0 aromatic carbocycles. The third-order valence-corrected chi connectivity index (χ3v) is 3.55. The highest BCUT2D eigenvalue weighted by Crippen LogP contribution is 2.24. The van der Waals surface area contributed by atoms with E-state index in [0.717, 1.165) is 5.69 Å². The minimum absolute atomic E-state index is 0.0540. The number of carbonyl (C=O) groups is 2. The number of H-pyrrole nitrogens is 1. The van der Waals surface area contributed by atoms with Gasteiger partial charge in [-0.25, -0.2) is 0 Å². The van der Waals surface area contributed by atoms with Crippen molar-refractivity contribution >= 4 is 11.9 Å². The average molecular weight is 251 g/mol. The van der Waals surface area contributed by atoms with Gasteiger partial charge in [-0.1, -0.05) is 0 Å². The molecule has 2 unspecified atom stereocenters. The maximum absolute atomic E-state index is 12.3. The lowest BCUT2D eigenvalue weighted by Gasteiger charge is -2.36. The summed E-state index contributed by atoms with van der Waals surface area (Å²) < 4.78 is 0.